The van der Waals surface area contributed by atoms with Crippen molar-refractivity contribution in [1.29, 1.82) is 0 Å². The lowest BCUT2D eigenvalue weighted by molar-refractivity contribution is -0.138. The van der Waals surface area contributed by atoms with E-state index in [0.29, 0.717) is 39.8 Å². The van der Waals surface area contributed by atoms with E-state index in [2.05, 4.69) is 5.32 Å². The summed E-state index contributed by atoms with van der Waals surface area (Å²) < 4.78 is 11.3. The van der Waals surface area contributed by atoms with E-state index in [1.165, 1.54) is 0 Å². The first-order valence-electron chi connectivity index (χ1n) is 11.5. The Labute approximate surface area is 209 Å². The molecule has 1 atom stereocenters. The lowest BCUT2D eigenvalue weighted by Gasteiger charge is -2.29. The molecule has 1 N–H and O–H groups in total. The second-order valence-corrected chi connectivity index (χ2v) is 8.84. The fourth-order valence-corrected chi connectivity index (χ4v) is 4.87. The maximum atomic E-state index is 13.5. The average molecular weight is 486 g/mol. The Bertz CT molecular complexity index is 1390. The fourth-order valence-electron chi connectivity index (χ4n) is 4.67. The number of hydrogen-bond donors (Lipinski definition) is 1. The molecule has 176 valence electrons. The molecule has 0 saturated carbocycles. The van der Waals surface area contributed by atoms with Crippen molar-refractivity contribution >= 4 is 29.1 Å². The molecule has 6 heteroatoms. The van der Waals surface area contributed by atoms with Gasteiger partial charge < -0.3 is 14.8 Å². The van der Waals surface area contributed by atoms with Crippen LogP contribution in [0.15, 0.2) is 89.6 Å². The number of carbonyl (C=O) groups excluding carboxylic acids is 2. The first-order chi connectivity index (χ1) is 17.0. The highest BCUT2D eigenvalue weighted by Gasteiger charge is 2.42. The Balaban J connectivity index is 1.51. The van der Waals surface area contributed by atoms with Crippen molar-refractivity contribution in [3.8, 4) is 5.75 Å². The third-order valence-corrected chi connectivity index (χ3v) is 6.68. The molecular formula is C29H24ClNO4. The minimum Gasteiger partial charge on any atom is -0.489 e. The molecule has 0 spiro atoms. The summed E-state index contributed by atoms with van der Waals surface area (Å²) in [5.41, 5.74) is 5.61. The molecule has 3 aromatic rings. The number of hydrogen-bond acceptors (Lipinski definition) is 5. The molecule has 0 aromatic heterocycles. The highest BCUT2D eigenvalue weighted by molar-refractivity contribution is 6.31. The van der Waals surface area contributed by atoms with Crippen LogP contribution in [0.4, 0.5) is 0 Å². The van der Waals surface area contributed by atoms with Crippen LogP contribution >= 0.6 is 11.6 Å². The van der Waals surface area contributed by atoms with Crippen LogP contribution in [-0.4, -0.2) is 18.4 Å². The van der Waals surface area contributed by atoms with E-state index < -0.39 is 11.9 Å². The van der Waals surface area contributed by atoms with Crippen molar-refractivity contribution in [2.45, 2.75) is 26.4 Å². The van der Waals surface area contributed by atoms with Crippen LogP contribution in [0.1, 0.15) is 46.8 Å². The predicted molar refractivity (Wildman–Crippen MR) is 135 cm³/mol. The topological polar surface area (TPSA) is 64.6 Å². The fraction of sp³-hybridized carbons (Fsp3) is 0.172. The van der Waals surface area contributed by atoms with Crippen LogP contribution in [-0.2, 0) is 16.1 Å². The summed E-state index contributed by atoms with van der Waals surface area (Å²) in [6.45, 7) is 4.20. The van der Waals surface area contributed by atoms with Gasteiger partial charge in [0.05, 0.1) is 17.9 Å². The number of benzene rings is 3. The van der Waals surface area contributed by atoms with E-state index in [-0.39, 0.29) is 12.4 Å². The Morgan fingerprint density at radius 2 is 1.66 bits per heavy atom. The molecule has 5 nitrogen and oxygen atoms in total. The maximum absolute atomic E-state index is 13.5. The monoisotopic (exact) mass is 485 g/mol. The van der Waals surface area contributed by atoms with Gasteiger partial charge in [-0.2, -0.15) is 0 Å². The number of rotatable bonds is 6. The number of Topliss-reactive ketones (excluding diaryl/α,β-unsaturated/α-hetero) is 1. The highest BCUT2D eigenvalue weighted by Crippen LogP contribution is 2.46. The first kappa shape index (κ1) is 22.9. The second kappa shape index (κ2) is 9.43. The van der Waals surface area contributed by atoms with Gasteiger partial charge in [-0.25, -0.2) is 4.79 Å². The number of esters is 1. The Kier molecular flexibility index (Phi) is 6.18. The van der Waals surface area contributed by atoms with E-state index in [0.717, 1.165) is 22.4 Å². The molecule has 2 aliphatic rings. The molecule has 0 saturated heterocycles. The van der Waals surface area contributed by atoms with Crippen LogP contribution in [0.2, 0.25) is 5.02 Å². The maximum Gasteiger partial charge on any atom is 0.336 e. The van der Waals surface area contributed by atoms with Crippen molar-refractivity contribution in [3.05, 3.63) is 117 Å². The molecule has 5 rings (SSSR count). The number of carbonyl (C=O) groups is 2. The number of fused-ring (bicyclic) bond motifs is 2. The Morgan fingerprint density at radius 3 is 2.37 bits per heavy atom. The third kappa shape index (κ3) is 4.13. The molecule has 0 bridgehead atoms. The van der Waals surface area contributed by atoms with Gasteiger partial charge in [0.2, 0.25) is 0 Å². The third-order valence-electron chi connectivity index (χ3n) is 6.31. The molecule has 0 fully saturated rings. The van der Waals surface area contributed by atoms with Crippen molar-refractivity contribution in [2.75, 3.05) is 6.61 Å². The van der Waals surface area contributed by atoms with Crippen molar-refractivity contribution in [3.63, 3.8) is 0 Å². The molecule has 0 unspecified atom stereocenters. The molecule has 3 aromatic carbocycles. The van der Waals surface area contributed by atoms with Crippen molar-refractivity contribution < 1.29 is 19.1 Å². The van der Waals surface area contributed by atoms with Gasteiger partial charge in [0.1, 0.15) is 12.4 Å². The van der Waals surface area contributed by atoms with Crippen LogP contribution in [0, 0.1) is 0 Å². The Hall–Kier alpha value is -3.83. The van der Waals surface area contributed by atoms with Crippen LogP contribution in [0.25, 0.3) is 5.70 Å². The lowest BCUT2D eigenvalue weighted by Crippen LogP contribution is -2.29. The van der Waals surface area contributed by atoms with E-state index in [4.69, 9.17) is 21.1 Å². The van der Waals surface area contributed by atoms with Gasteiger partial charge in [-0.3, -0.25) is 4.79 Å². The quantitative estimate of drug-likeness (QED) is 0.430. The lowest BCUT2D eigenvalue weighted by atomic mass is 9.80. The number of ether oxygens (including phenoxy) is 2. The molecule has 35 heavy (non-hydrogen) atoms. The molecule has 1 aliphatic heterocycles. The minimum atomic E-state index is -0.553. The minimum absolute atomic E-state index is 0.0820. The van der Waals surface area contributed by atoms with Gasteiger partial charge in [-0.05, 0) is 37.6 Å². The first-order valence-corrected chi connectivity index (χ1v) is 11.9. The SMILES string of the molecule is CCOC(=O)C1=C(C)NC2=C(C(=O)c3ccccc32)[C@@H]1c1ccc(OCc2ccccc2Cl)cc1. The normalized spacial score (nSPS) is 16.5. The van der Waals surface area contributed by atoms with Crippen LogP contribution in [0.5, 0.6) is 5.75 Å². The number of halogens is 1. The zero-order valence-corrected chi connectivity index (χ0v) is 20.2. The van der Waals surface area contributed by atoms with E-state index in [1.807, 2.05) is 79.7 Å². The molecule has 0 radical (unpaired) electrons. The summed E-state index contributed by atoms with van der Waals surface area (Å²) >= 11 is 6.23. The molecule has 1 heterocycles. The summed E-state index contributed by atoms with van der Waals surface area (Å²) in [4.78, 5) is 26.5. The number of allylic oxidation sites excluding steroid dienone is 2. The van der Waals surface area contributed by atoms with Crippen LogP contribution in [0.3, 0.4) is 0 Å². The van der Waals surface area contributed by atoms with Gasteiger partial charge in [0.25, 0.3) is 0 Å². The van der Waals surface area contributed by atoms with Crippen molar-refractivity contribution in [2.24, 2.45) is 0 Å². The smallest absolute Gasteiger partial charge is 0.336 e. The van der Waals surface area contributed by atoms with Crippen molar-refractivity contribution in [1.82, 2.24) is 5.32 Å². The predicted octanol–water partition coefficient (Wildman–Crippen LogP) is 6.05. The van der Waals surface area contributed by atoms with E-state index in [1.54, 1.807) is 6.92 Å². The molecule has 0 amide bonds. The Morgan fingerprint density at radius 1 is 0.971 bits per heavy atom. The standard InChI is InChI=1S/C29H24ClNO4/c1-3-34-29(33)24-17(2)31-27-21-9-5-6-10-22(21)28(32)26(27)25(24)18-12-14-20(15-13-18)35-16-19-8-4-7-11-23(19)30/h4-15,25,31H,3,16H2,1-2H3/t25-/m1/s1. The zero-order chi connectivity index (χ0) is 24.5. The summed E-state index contributed by atoms with van der Waals surface area (Å²) in [6.07, 6.45) is 0. The highest BCUT2D eigenvalue weighted by atomic mass is 35.5. The van der Waals surface area contributed by atoms with Gasteiger partial charge >= 0.3 is 5.97 Å². The zero-order valence-electron chi connectivity index (χ0n) is 19.4. The average Bonchev–Trinajstić information content (AvgIpc) is 3.15. The number of nitrogens with one attached hydrogen (secondary N) is 1. The van der Waals surface area contributed by atoms with Gasteiger partial charge in [-0.15, -0.1) is 0 Å². The molecule has 1 aliphatic carbocycles. The van der Waals surface area contributed by atoms with E-state index >= 15 is 0 Å². The van der Waals surface area contributed by atoms with Gasteiger partial charge in [0.15, 0.2) is 5.78 Å². The van der Waals surface area contributed by atoms with Crippen LogP contribution < -0.4 is 10.1 Å². The largest absolute Gasteiger partial charge is 0.489 e. The number of ketones is 1. The van der Waals surface area contributed by atoms with E-state index in [9.17, 15) is 9.59 Å². The van der Waals surface area contributed by atoms with Gasteiger partial charge in [-0.1, -0.05) is 66.2 Å². The van der Waals surface area contributed by atoms with Gasteiger partial charge in [0, 0.05) is 38.9 Å². The summed E-state index contributed by atoms with van der Waals surface area (Å²) in [7, 11) is 0. The second-order valence-electron chi connectivity index (χ2n) is 8.43. The number of dihydropyridines is 1. The summed E-state index contributed by atoms with van der Waals surface area (Å²) in [5, 5.41) is 3.96. The summed E-state index contributed by atoms with van der Waals surface area (Å²) in [6, 6.07) is 22.5. The molecular weight excluding hydrogens is 462 g/mol. The summed E-state index contributed by atoms with van der Waals surface area (Å²) in [5.74, 6) is -0.405.